The lowest BCUT2D eigenvalue weighted by Crippen LogP contribution is -2.51. The van der Waals surface area contributed by atoms with E-state index in [0.717, 1.165) is 47.8 Å². The van der Waals surface area contributed by atoms with Crippen molar-refractivity contribution in [2.24, 2.45) is 23.2 Å². The molecule has 1 aromatic heterocycles. The number of aromatic nitrogens is 1. The summed E-state index contributed by atoms with van der Waals surface area (Å²) >= 11 is 1.60. The molecule has 20 heavy (non-hydrogen) atoms. The highest BCUT2D eigenvalue weighted by atomic mass is 32.1. The van der Waals surface area contributed by atoms with Crippen LogP contribution in [-0.2, 0) is 4.79 Å². The van der Waals surface area contributed by atoms with Crippen molar-refractivity contribution in [3.63, 3.8) is 0 Å². The van der Waals surface area contributed by atoms with E-state index in [1.54, 1.807) is 11.3 Å². The molecule has 1 N–H and O–H groups in total. The van der Waals surface area contributed by atoms with E-state index in [1.807, 2.05) is 6.92 Å². The zero-order chi connectivity index (χ0) is 13.9. The van der Waals surface area contributed by atoms with Gasteiger partial charge in [-0.1, -0.05) is 0 Å². The molecule has 108 valence electrons. The van der Waals surface area contributed by atoms with Crippen LogP contribution in [0.2, 0.25) is 0 Å². The van der Waals surface area contributed by atoms with E-state index in [0.29, 0.717) is 0 Å². The zero-order valence-electron chi connectivity index (χ0n) is 12.2. The maximum absolute atomic E-state index is 12.8. The number of anilines is 1. The summed E-state index contributed by atoms with van der Waals surface area (Å²) in [6.07, 6.45) is 7.49. The number of amides is 1. The van der Waals surface area contributed by atoms with E-state index >= 15 is 0 Å². The van der Waals surface area contributed by atoms with Crippen LogP contribution in [0.25, 0.3) is 0 Å². The van der Waals surface area contributed by atoms with Gasteiger partial charge < -0.3 is 5.32 Å². The average Bonchev–Trinajstić information content (AvgIpc) is 2.66. The third kappa shape index (κ3) is 1.92. The van der Waals surface area contributed by atoms with Crippen LogP contribution in [0.15, 0.2) is 0 Å². The monoisotopic (exact) mass is 290 g/mol. The van der Waals surface area contributed by atoms with Crippen LogP contribution in [0.4, 0.5) is 5.13 Å². The van der Waals surface area contributed by atoms with Gasteiger partial charge in [0.1, 0.15) is 0 Å². The van der Waals surface area contributed by atoms with Gasteiger partial charge in [-0.25, -0.2) is 4.98 Å². The first-order chi connectivity index (χ1) is 9.54. The molecule has 3 nitrogen and oxygen atoms in total. The van der Waals surface area contributed by atoms with Gasteiger partial charge in [-0.15, -0.1) is 11.3 Å². The van der Waals surface area contributed by atoms with E-state index in [1.165, 1.54) is 24.1 Å². The fraction of sp³-hybridized carbons (Fsp3) is 0.750. The van der Waals surface area contributed by atoms with Crippen LogP contribution in [0.5, 0.6) is 0 Å². The van der Waals surface area contributed by atoms with Crippen LogP contribution in [-0.4, -0.2) is 10.9 Å². The molecule has 4 heteroatoms. The van der Waals surface area contributed by atoms with Gasteiger partial charge in [-0.3, -0.25) is 4.79 Å². The van der Waals surface area contributed by atoms with Crippen molar-refractivity contribution in [1.82, 2.24) is 4.98 Å². The average molecular weight is 290 g/mol. The predicted octanol–water partition coefficient (Wildman–Crippen LogP) is 3.91. The van der Waals surface area contributed by atoms with Gasteiger partial charge in [0.15, 0.2) is 5.13 Å². The van der Waals surface area contributed by atoms with Crippen molar-refractivity contribution in [2.75, 3.05) is 5.32 Å². The maximum Gasteiger partial charge on any atom is 0.232 e. The molecular weight excluding hydrogens is 268 g/mol. The number of rotatable bonds is 2. The number of hydrogen-bond acceptors (Lipinski definition) is 3. The second-order valence-corrected chi connectivity index (χ2v) is 8.52. The largest absolute Gasteiger partial charge is 0.301 e. The second-order valence-electron chi connectivity index (χ2n) is 7.31. The van der Waals surface area contributed by atoms with Crippen molar-refractivity contribution in [3.8, 4) is 0 Å². The minimum absolute atomic E-state index is 0.0672. The van der Waals surface area contributed by atoms with Crippen molar-refractivity contribution >= 4 is 22.4 Å². The quantitative estimate of drug-likeness (QED) is 0.897. The van der Waals surface area contributed by atoms with Gasteiger partial charge in [-0.2, -0.15) is 0 Å². The number of carbonyl (C=O) groups is 1. The molecule has 0 radical (unpaired) electrons. The summed E-state index contributed by atoms with van der Waals surface area (Å²) in [7, 11) is 0. The summed E-state index contributed by atoms with van der Waals surface area (Å²) < 4.78 is 0. The van der Waals surface area contributed by atoms with E-state index in [2.05, 4.69) is 17.2 Å². The van der Waals surface area contributed by atoms with Crippen LogP contribution in [0.1, 0.15) is 49.1 Å². The highest BCUT2D eigenvalue weighted by Crippen LogP contribution is 2.60. The summed E-state index contributed by atoms with van der Waals surface area (Å²) in [4.78, 5) is 18.5. The fourth-order valence-electron chi connectivity index (χ4n) is 5.14. The zero-order valence-corrected chi connectivity index (χ0v) is 13.1. The number of nitrogens with zero attached hydrogens (tertiary/aromatic N) is 1. The number of hydrogen-bond donors (Lipinski definition) is 1. The summed E-state index contributed by atoms with van der Waals surface area (Å²) in [5.41, 5.74) is 0.971. The highest BCUT2D eigenvalue weighted by molar-refractivity contribution is 7.15. The van der Waals surface area contributed by atoms with Crippen molar-refractivity contribution in [2.45, 2.75) is 52.4 Å². The lowest BCUT2D eigenvalue weighted by Gasteiger charge is -2.55. The fourth-order valence-corrected chi connectivity index (χ4v) is 5.95. The Morgan fingerprint density at radius 1 is 1.15 bits per heavy atom. The van der Waals surface area contributed by atoms with Crippen LogP contribution in [0, 0.1) is 37.0 Å². The van der Waals surface area contributed by atoms with E-state index in [4.69, 9.17) is 0 Å². The lowest BCUT2D eigenvalue weighted by molar-refractivity contribution is -0.140. The molecule has 0 unspecified atom stereocenters. The third-order valence-corrected chi connectivity index (χ3v) is 6.76. The Hall–Kier alpha value is -0.900. The second kappa shape index (κ2) is 4.30. The molecule has 4 aliphatic carbocycles. The SMILES string of the molecule is Cc1nc(NC(=O)C23CC4CC(CC(C4)C2)C3)sc1C. The normalized spacial score (nSPS) is 38.2. The summed E-state index contributed by atoms with van der Waals surface area (Å²) in [6.45, 7) is 4.07. The van der Waals surface area contributed by atoms with Crippen LogP contribution in [0.3, 0.4) is 0 Å². The Bertz CT molecular complexity index is 508. The molecular formula is C16H22N2OS. The Morgan fingerprint density at radius 3 is 2.15 bits per heavy atom. The van der Waals surface area contributed by atoms with E-state index in [-0.39, 0.29) is 11.3 Å². The Balaban J connectivity index is 1.56. The molecule has 4 fully saturated rings. The summed E-state index contributed by atoms with van der Waals surface area (Å²) in [6, 6.07) is 0. The molecule has 1 amide bonds. The van der Waals surface area contributed by atoms with Crippen LogP contribution >= 0.6 is 11.3 Å². The molecule has 0 aromatic carbocycles. The van der Waals surface area contributed by atoms with Gasteiger partial charge in [0, 0.05) is 4.88 Å². The van der Waals surface area contributed by atoms with E-state index in [9.17, 15) is 4.79 Å². The first kappa shape index (κ1) is 12.8. The smallest absolute Gasteiger partial charge is 0.232 e. The van der Waals surface area contributed by atoms with Crippen molar-refractivity contribution < 1.29 is 4.79 Å². The molecule has 0 aliphatic heterocycles. The number of thiazole rings is 1. The van der Waals surface area contributed by atoms with Gasteiger partial charge >= 0.3 is 0 Å². The van der Waals surface area contributed by atoms with Gasteiger partial charge in [-0.05, 0) is 70.1 Å². The Kier molecular flexibility index (Phi) is 2.75. The minimum Gasteiger partial charge on any atom is -0.301 e. The number of nitrogens with one attached hydrogen (secondary N) is 1. The molecule has 4 saturated carbocycles. The van der Waals surface area contributed by atoms with Gasteiger partial charge in [0.2, 0.25) is 5.91 Å². The summed E-state index contributed by atoms with van der Waals surface area (Å²) in [5, 5.41) is 3.92. The van der Waals surface area contributed by atoms with Crippen LogP contribution < -0.4 is 5.32 Å². The lowest BCUT2D eigenvalue weighted by atomic mass is 9.49. The Labute approximate surface area is 124 Å². The van der Waals surface area contributed by atoms with Crippen molar-refractivity contribution in [3.05, 3.63) is 10.6 Å². The standard InChI is InChI=1S/C16H22N2OS/c1-9-10(2)20-15(17-9)18-14(19)16-6-11-3-12(7-16)5-13(4-11)8-16/h11-13H,3-8H2,1-2H3,(H,17,18,19). The molecule has 0 spiro atoms. The third-order valence-electron chi connectivity index (χ3n) is 5.77. The summed E-state index contributed by atoms with van der Waals surface area (Å²) in [5.74, 6) is 2.69. The van der Waals surface area contributed by atoms with Gasteiger partial charge in [0.25, 0.3) is 0 Å². The number of aryl methyl sites for hydroxylation is 2. The molecule has 0 atom stereocenters. The molecule has 1 heterocycles. The predicted molar refractivity (Wildman–Crippen MR) is 80.8 cm³/mol. The molecule has 4 bridgehead atoms. The number of carbonyl (C=O) groups excluding carboxylic acids is 1. The minimum atomic E-state index is -0.0672. The maximum atomic E-state index is 12.8. The highest BCUT2D eigenvalue weighted by Gasteiger charge is 2.54. The molecule has 1 aromatic rings. The first-order valence-electron chi connectivity index (χ1n) is 7.79. The first-order valence-corrected chi connectivity index (χ1v) is 8.61. The molecule has 5 rings (SSSR count). The Morgan fingerprint density at radius 2 is 1.70 bits per heavy atom. The van der Waals surface area contributed by atoms with E-state index < -0.39 is 0 Å². The van der Waals surface area contributed by atoms with Crippen molar-refractivity contribution in [1.29, 1.82) is 0 Å². The molecule has 0 saturated heterocycles. The van der Waals surface area contributed by atoms with Gasteiger partial charge in [0.05, 0.1) is 11.1 Å². The topological polar surface area (TPSA) is 42.0 Å². The molecule has 4 aliphatic rings.